The number of hydrogen-bond donors (Lipinski definition) is 0. The van der Waals surface area contributed by atoms with Crippen LogP contribution in [0.2, 0.25) is 0 Å². The van der Waals surface area contributed by atoms with E-state index in [4.69, 9.17) is 44.9 Å². The Morgan fingerprint density at radius 2 is 0.333 bits per heavy atom. The molecule has 0 atom stereocenters. The fourth-order valence-corrected chi connectivity index (χ4v) is 16.4. The summed E-state index contributed by atoms with van der Waals surface area (Å²) in [4.78, 5) is 45.8. The highest BCUT2D eigenvalue weighted by molar-refractivity contribution is 5.97. The fourth-order valence-electron chi connectivity index (χ4n) is 16.4. The van der Waals surface area contributed by atoms with E-state index in [9.17, 15) is 0 Å². The van der Waals surface area contributed by atoms with Crippen molar-refractivity contribution in [3.63, 3.8) is 0 Å². The van der Waals surface area contributed by atoms with Gasteiger partial charge in [0, 0.05) is 33.4 Å². The molecule has 0 aliphatic heterocycles. The molecule has 564 valence electrons. The Bertz CT molecular complexity index is 7750. The minimum absolute atomic E-state index is 0.579. The van der Waals surface area contributed by atoms with E-state index in [-0.39, 0.29) is 0 Å². The molecule has 15 nitrogen and oxygen atoms in total. The number of para-hydroxylation sites is 8. The van der Waals surface area contributed by atoms with Crippen LogP contribution in [0.25, 0.3) is 202 Å². The molecule has 15 aromatic carbocycles. The van der Waals surface area contributed by atoms with Gasteiger partial charge in [0.25, 0.3) is 0 Å². The van der Waals surface area contributed by atoms with Crippen LogP contribution in [-0.4, -0.2) is 71.8 Å². The molecule has 0 saturated heterocycles. The quantitative estimate of drug-likeness (QED) is 0.117. The number of aromatic nitrogens is 15. The second-order valence-electron chi connectivity index (χ2n) is 29.4. The van der Waals surface area contributed by atoms with Crippen molar-refractivity contribution in [2.24, 2.45) is 0 Å². The first-order valence-electron chi connectivity index (χ1n) is 39.9. The molecule has 0 radical (unpaired) electrons. The van der Waals surface area contributed by atoms with Crippen LogP contribution < -0.4 is 0 Å². The third-order valence-electron chi connectivity index (χ3n) is 22.1. The van der Waals surface area contributed by atoms with E-state index in [1.807, 2.05) is 158 Å². The molecule has 0 saturated carbocycles. The first-order chi connectivity index (χ1) is 59.5. The van der Waals surface area contributed by atoms with Gasteiger partial charge in [-0.1, -0.05) is 328 Å². The number of fused-ring (bicyclic) bond motifs is 15. The standard InChI is InChI=1S/C41H27N5.C35H23N5.C29H19N5/c1-4-12-28(13-5-1)29-20-22-30(23-21-29)33-24-25-38-39(26-33)45-37-19-11-10-18-34(37)44-41(45)46(38)40-42-35(31-14-6-2-7-15-31)27-36(43-40)32-16-8-3-9-17-32;1-4-12-24(13-5-1)27-20-21-32-33(22-27)39-31-19-11-10-18-28(31)38-35(39)40(32)34-36-29(25-14-6-2-7-15-25)23-30(37-34)26-16-8-3-9-17-26;1-3-11-20(12-4-1)23-19-24(21-13-5-2-6-14-21)31-28(30-23)34-27-18-10-9-17-26(27)33-25-16-8-7-15-22(25)32-29(33)34/h1-27H;1-23H;1-19H. The molecule has 9 heterocycles. The van der Waals surface area contributed by atoms with Gasteiger partial charge in [0.05, 0.1) is 100 Å². The monoisotopic (exact) mass is 1540 g/mol. The summed E-state index contributed by atoms with van der Waals surface area (Å²) in [5.41, 5.74) is 30.6. The zero-order valence-electron chi connectivity index (χ0n) is 64.5. The minimum Gasteiger partial charge on any atom is -0.276 e. The second kappa shape index (κ2) is 30.0. The van der Waals surface area contributed by atoms with E-state index in [2.05, 4.69) is 288 Å². The summed E-state index contributed by atoms with van der Waals surface area (Å²) < 4.78 is 12.9. The number of hydrogen-bond acceptors (Lipinski definition) is 9. The summed E-state index contributed by atoms with van der Waals surface area (Å²) in [6, 6.07) is 144. The lowest BCUT2D eigenvalue weighted by molar-refractivity contribution is 0.971. The van der Waals surface area contributed by atoms with Crippen LogP contribution in [0.4, 0.5) is 0 Å². The number of imidazole rings is 6. The van der Waals surface area contributed by atoms with Gasteiger partial charge in [-0.15, -0.1) is 0 Å². The van der Waals surface area contributed by atoms with Crippen molar-refractivity contribution in [3.05, 3.63) is 419 Å². The van der Waals surface area contributed by atoms with Gasteiger partial charge in [-0.25, -0.2) is 58.6 Å². The lowest BCUT2D eigenvalue weighted by Gasteiger charge is -2.11. The molecule has 0 unspecified atom stereocenters. The number of rotatable bonds is 12. The van der Waals surface area contributed by atoms with Crippen LogP contribution in [0.5, 0.6) is 0 Å². The van der Waals surface area contributed by atoms with Crippen LogP contribution >= 0.6 is 0 Å². The van der Waals surface area contributed by atoms with Crippen molar-refractivity contribution in [1.82, 2.24) is 71.8 Å². The van der Waals surface area contributed by atoms with E-state index < -0.39 is 0 Å². The van der Waals surface area contributed by atoms with Gasteiger partial charge in [-0.3, -0.25) is 13.2 Å². The topological polar surface area (TPSA) is 144 Å². The Hall–Kier alpha value is -16.7. The SMILES string of the molecule is c1ccc(-c2cc(-c3ccccc3)nc(-n3c4ccccc4n4c5ccccc5nc34)n2)cc1.c1ccc(-c2ccc(-c3ccc4c(c3)n3c5ccccc5nc3n4-c3nc(-c4ccccc4)cc(-c4ccccc4)n3)cc2)cc1.c1ccc(-c2ccc3c(c2)n2c4ccccc4nc2n3-c2nc(-c3ccccc3)cc(-c3ccccc3)n2)cc1. The molecule has 0 spiro atoms. The van der Waals surface area contributed by atoms with E-state index in [0.717, 1.165) is 168 Å². The van der Waals surface area contributed by atoms with Crippen LogP contribution in [0.1, 0.15) is 0 Å². The highest BCUT2D eigenvalue weighted by Gasteiger charge is 2.26. The van der Waals surface area contributed by atoms with Gasteiger partial charge in [-0.2, -0.15) is 0 Å². The Morgan fingerprint density at radius 3 is 0.625 bits per heavy atom. The van der Waals surface area contributed by atoms with Gasteiger partial charge in [-0.05, 0) is 124 Å². The van der Waals surface area contributed by atoms with E-state index in [0.29, 0.717) is 17.8 Å². The van der Waals surface area contributed by atoms with Crippen LogP contribution in [0.3, 0.4) is 0 Å². The maximum Gasteiger partial charge on any atom is 0.238 e. The Labute approximate surface area is 688 Å². The first kappa shape index (κ1) is 70.0. The third-order valence-corrected chi connectivity index (χ3v) is 22.1. The highest BCUT2D eigenvalue weighted by atomic mass is 15.3. The summed E-state index contributed by atoms with van der Waals surface area (Å²) in [5, 5.41) is 0. The highest BCUT2D eigenvalue weighted by Crippen LogP contribution is 2.39. The zero-order chi connectivity index (χ0) is 79.4. The van der Waals surface area contributed by atoms with Crippen molar-refractivity contribution in [2.75, 3.05) is 0 Å². The lowest BCUT2D eigenvalue weighted by Crippen LogP contribution is -2.04. The van der Waals surface area contributed by atoms with Gasteiger partial charge >= 0.3 is 0 Å². The third kappa shape index (κ3) is 12.7. The average Bonchev–Trinajstić information content (AvgIpc) is 1.57. The molecule has 24 rings (SSSR count). The average molecular weight is 1540 g/mol. The molecular weight excluding hydrogens is 1470 g/mol. The number of benzene rings is 15. The van der Waals surface area contributed by atoms with Crippen molar-refractivity contribution in [1.29, 1.82) is 0 Å². The summed E-state index contributed by atoms with van der Waals surface area (Å²) in [7, 11) is 0. The smallest absolute Gasteiger partial charge is 0.238 e. The summed E-state index contributed by atoms with van der Waals surface area (Å²) in [6.07, 6.45) is 0. The first-order valence-corrected chi connectivity index (χ1v) is 39.9. The summed E-state index contributed by atoms with van der Waals surface area (Å²) in [6.45, 7) is 0. The second-order valence-corrected chi connectivity index (χ2v) is 29.4. The van der Waals surface area contributed by atoms with Crippen molar-refractivity contribution in [3.8, 4) is 119 Å². The summed E-state index contributed by atoms with van der Waals surface area (Å²) >= 11 is 0. The molecule has 0 aliphatic rings. The van der Waals surface area contributed by atoms with Crippen LogP contribution in [0, 0.1) is 0 Å². The van der Waals surface area contributed by atoms with Gasteiger partial charge in [0.1, 0.15) is 0 Å². The van der Waals surface area contributed by atoms with E-state index in [1.165, 1.54) is 16.7 Å². The van der Waals surface area contributed by atoms with E-state index >= 15 is 0 Å². The van der Waals surface area contributed by atoms with Gasteiger partial charge < -0.3 is 0 Å². The van der Waals surface area contributed by atoms with Crippen LogP contribution in [-0.2, 0) is 0 Å². The molecule has 0 N–H and O–H groups in total. The largest absolute Gasteiger partial charge is 0.276 e. The molecule has 24 aromatic rings. The molecule has 15 heteroatoms. The normalized spacial score (nSPS) is 11.5. The molecule has 0 amide bonds. The molecule has 0 bridgehead atoms. The van der Waals surface area contributed by atoms with Crippen molar-refractivity contribution >= 4 is 83.5 Å². The number of nitrogens with zero attached hydrogens (tertiary/aromatic N) is 15. The molecule has 120 heavy (non-hydrogen) atoms. The maximum atomic E-state index is 5.16. The summed E-state index contributed by atoms with van der Waals surface area (Å²) in [5.74, 6) is 4.12. The molecule has 9 aromatic heterocycles. The Balaban J connectivity index is 0.000000109. The fraction of sp³-hybridized carbons (Fsp3) is 0. The van der Waals surface area contributed by atoms with Gasteiger partial charge in [0.15, 0.2) is 0 Å². The van der Waals surface area contributed by atoms with Crippen LogP contribution in [0.15, 0.2) is 419 Å². The molecular formula is C105H69N15. The molecule has 0 fully saturated rings. The van der Waals surface area contributed by atoms with Crippen molar-refractivity contribution in [2.45, 2.75) is 0 Å². The Morgan fingerprint density at radius 1 is 0.133 bits per heavy atom. The predicted molar refractivity (Wildman–Crippen MR) is 484 cm³/mol. The Kier molecular flexibility index (Phi) is 17.5. The van der Waals surface area contributed by atoms with E-state index in [1.54, 1.807) is 0 Å². The predicted octanol–water partition coefficient (Wildman–Crippen LogP) is 24.7. The minimum atomic E-state index is 0.579. The maximum absolute atomic E-state index is 5.16. The van der Waals surface area contributed by atoms with Crippen molar-refractivity contribution < 1.29 is 0 Å². The lowest BCUT2D eigenvalue weighted by atomic mass is 10.00. The zero-order valence-corrected chi connectivity index (χ0v) is 64.5. The van der Waals surface area contributed by atoms with Gasteiger partial charge in [0.2, 0.25) is 35.2 Å². The molecule has 0 aliphatic carbocycles.